The van der Waals surface area contributed by atoms with Gasteiger partial charge < -0.3 is 15.5 Å². The van der Waals surface area contributed by atoms with Crippen molar-refractivity contribution in [3.63, 3.8) is 0 Å². The molecule has 1 atom stereocenters. The van der Waals surface area contributed by atoms with Gasteiger partial charge in [-0.15, -0.1) is 0 Å². The van der Waals surface area contributed by atoms with E-state index in [1.807, 2.05) is 53.4 Å². The molecule has 0 aromatic heterocycles. The highest BCUT2D eigenvalue weighted by Gasteiger charge is 2.26. The minimum Gasteiger partial charge on any atom is -0.368 e. The van der Waals surface area contributed by atoms with Crippen molar-refractivity contribution >= 4 is 34.8 Å². The molecule has 1 amide bonds. The van der Waals surface area contributed by atoms with Gasteiger partial charge in [0.05, 0.1) is 6.04 Å². The molecule has 2 aromatic rings. The molecule has 0 spiro atoms. The maximum absolute atomic E-state index is 12.6. The van der Waals surface area contributed by atoms with Crippen LogP contribution in [0.25, 0.3) is 0 Å². The summed E-state index contributed by atoms with van der Waals surface area (Å²) in [4.78, 5) is 16.7. The fourth-order valence-electron chi connectivity index (χ4n) is 3.08. The number of nitrogens with two attached hydrogens (primary N) is 1. The second-order valence-corrected chi connectivity index (χ2v) is 7.04. The molecule has 132 valence electrons. The summed E-state index contributed by atoms with van der Waals surface area (Å²) in [5.41, 5.74) is 8.12. The van der Waals surface area contributed by atoms with Crippen LogP contribution >= 0.6 is 23.2 Å². The Morgan fingerprint density at radius 2 is 1.76 bits per heavy atom. The third-order valence-electron chi connectivity index (χ3n) is 4.48. The highest BCUT2D eigenvalue weighted by molar-refractivity contribution is 6.31. The van der Waals surface area contributed by atoms with Crippen LogP contribution in [0.2, 0.25) is 10.0 Å². The van der Waals surface area contributed by atoms with Gasteiger partial charge in [0.25, 0.3) is 0 Å². The van der Waals surface area contributed by atoms with Crippen LogP contribution in [-0.4, -0.2) is 43.0 Å². The zero-order chi connectivity index (χ0) is 17.8. The molecule has 25 heavy (non-hydrogen) atoms. The molecule has 1 saturated heterocycles. The van der Waals surface area contributed by atoms with Gasteiger partial charge in [-0.3, -0.25) is 4.79 Å². The van der Waals surface area contributed by atoms with Crippen molar-refractivity contribution in [1.29, 1.82) is 0 Å². The molecule has 2 aromatic carbocycles. The van der Waals surface area contributed by atoms with Crippen LogP contribution in [0.5, 0.6) is 0 Å². The summed E-state index contributed by atoms with van der Waals surface area (Å²) >= 11 is 12.2. The molecular formula is C19H21Cl2N3O. The Hall–Kier alpha value is -1.75. The van der Waals surface area contributed by atoms with E-state index in [1.165, 1.54) is 0 Å². The molecule has 1 heterocycles. The highest BCUT2D eigenvalue weighted by Crippen LogP contribution is 2.21. The number of halogens is 2. The van der Waals surface area contributed by atoms with E-state index < -0.39 is 6.04 Å². The molecule has 1 unspecified atom stereocenters. The number of hydrogen-bond donors (Lipinski definition) is 1. The largest absolute Gasteiger partial charge is 0.368 e. The minimum atomic E-state index is -0.572. The van der Waals surface area contributed by atoms with E-state index >= 15 is 0 Å². The quantitative estimate of drug-likeness (QED) is 0.889. The Bertz CT molecular complexity index is 745. The van der Waals surface area contributed by atoms with Crippen LogP contribution in [-0.2, 0) is 11.2 Å². The summed E-state index contributed by atoms with van der Waals surface area (Å²) in [5.74, 6) is -0.0225. The maximum Gasteiger partial charge on any atom is 0.239 e. The van der Waals surface area contributed by atoms with Crippen molar-refractivity contribution in [3.8, 4) is 0 Å². The first-order chi connectivity index (χ1) is 12.0. The van der Waals surface area contributed by atoms with E-state index in [2.05, 4.69) is 4.90 Å². The van der Waals surface area contributed by atoms with Crippen LogP contribution < -0.4 is 10.6 Å². The van der Waals surface area contributed by atoms with Crippen LogP contribution in [0.1, 0.15) is 5.56 Å². The van der Waals surface area contributed by atoms with Gasteiger partial charge in [0.15, 0.2) is 0 Å². The summed E-state index contributed by atoms with van der Waals surface area (Å²) in [6.07, 6.45) is 0.451. The number of piperazine rings is 1. The molecule has 0 aliphatic carbocycles. The van der Waals surface area contributed by atoms with Gasteiger partial charge in [-0.25, -0.2) is 0 Å². The van der Waals surface area contributed by atoms with E-state index in [0.29, 0.717) is 24.5 Å². The third-order valence-corrected chi connectivity index (χ3v) is 5.08. The lowest BCUT2D eigenvalue weighted by Gasteiger charge is -2.37. The minimum absolute atomic E-state index is 0.0225. The molecule has 2 N–H and O–H groups in total. The number of rotatable bonds is 4. The first kappa shape index (κ1) is 18.1. The molecule has 4 nitrogen and oxygen atoms in total. The van der Waals surface area contributed by atoms with Crippen molar-refractivity contribution in [2.75, 3.05) is 31.1 Å². The number of carbonyl (C=O) groups excluding carboxylic acids is 1. The standard InChI is InChI=1S/C19H21Cl2N3O/c20-15-5-3-6-16(13-15)23-8-10-24(11-9-23)19(25)18(22)12-14-4-1-2-7-17(14)21/h1-7,13,18H,8-12,22H2. The molecule has 1 aliphatic heterocycles. The lowest BCUT2D eigenvalue weighted by atomic mass is 10.1. The lowest BCUT2D eigenvalue weighted by molar-refractivity contribution is -0.132. The molecule has 6 heteroatoms. The van der Waals surface area contributed by atoms with E-state index in [1.54, 1.807) is 0 Å². The van der Waals surface area contributed by atoms with E-state index in [-0.39, 0.29) is 5.91 Å². The predicted molar refractivity (Wildman–Crippen MR) is 103 cm³/mol. The molecule has 1 fully saturated rings. The topological polar surface area (TPSA) is 49.6 Å². The first-order valence-corrected chi connectivity index (χ1v) is 9.08. The Morgan fingerprint density at radius 3 is 2.44 bits per heavy atom. The van der Waals surface area contributed by atoms with Gasteiger partial charge in [0.1, 0.15) is 0 Å². The van der Waals surface area contributed by atoms with Gasteiger partial charge in [-0.05, 0) is 36.2 Å². The molecule has 0 radical (unpaired) electrons. The lowest BCUT2D eigenvalue weighted by Crippen LogP contribution is -2.53. The van der Waals surface area contributed by atoms with E-state index in [9.17, 15) is 4.79 Å². The number of carbonyl (C=O) groups is 1. The summed E-state index contributed by atoms with van der Waals surface area (Å²) in [5, 5.41) is 1.37. The molecule has 0 bridgehead atoms. The monoisotopic (exact) mass is 377 g/mol. The zero-order valence-corrected chi connectivity index (χ0v) is 15.4. The van der Waals surface area contributed by atoms with Crippen LogP contribution in [0, 0.1) is 0 Å². The predicted octanol–water partition coefficient (Wildman–Crippen LogP) is 3.21. The Morgan fingerprint density at radius 1 is 1.04 bits per heavy atom. The normalized spacial score (nSPS) is 16.0. The Balaban J connectivity index is 1.57. The zero-order valence-electron chi connectivity index (χ0n) is 13.9. The van der Waals surface area contributed by atoms with Gasteiger partial charge in [-0.2, -0.15) is 0 Å². The van der Waals surface area contributed by atoms with Gasteiger partial charge in [-0.1, -0.05) is 47.5 Å². The second-order valence-electron chi connectivity index (χ2n) is 6.19. The van der Waals surface area contributed by atoms with Crippen molar-refractivity contribution in [2.45, 2.75) is 12.5 Å². The maximum atomic E-state index is 12.6. The summed E-state index contributed by atoms with van der Waals surface area (Å²) < 4.78 is 0. The SMILES string of the molecule is NC(Cc1ccccc1Cl)C(=O)N1CCN(c2cccc(Cl)c2)CC1. The van der Waals surface area contributed by atoms with Crippen molar-refractivity contribution in [1.82, 2.24) is 4.90 Å². The smallest absolute Gasteiger partial charge is 0.239 e. The average Bonchev–Trinajstić information content (AvgIpc) is 2.63. The molecule has 3 rings (SSSR count). The highest BCUT2D eigenvalue weighted by atomic mass is 35.5. The first-order valence-electron chi connectivity index (χ1n) is 8.33. The van der Waals surface area contributed by atoms with E-state index in [0.717, 1.165) is 29.4 Å². The number of nitrogens with zero attached hydrogens (tertiary/aromatic N) is 2. The summed E-state index contributed by atoms with van der Waals surface area (Å²) in [7, 11) is 0. The van der Waals surface area contributed by atoms with Crippen LogP contribution in [0.4, 0.5) is 5.69 Å². The molecule has 1 aliphatic rings. The van der Waals surface area contributed by atoms with Crippen LogP contribution in [0.3, 0.4) is 0 Å². The third kappa shape index (κ3) is 4.46. The molecule has 0 saturated carbocycles. The Kier molecular flexibility index (Phi) is 5.84. The number of hydrogen-bond acceptors (Lipinski definition) is 3. The van der Waals surface area contributed by atoms with E-state index in [4.69, 9.17) is 28.9 Å². The van der Waals surface area contributed by atoms with Crippen molar-refractivity contribution in [3.05, 3.63) is 64.1 Å². The Labute approximate surface area is 158 Å². The van der Waals surface area contributed by atoms with Crippen LogP contribution in [0.15, 0.2) is 48.5 Å². The fraction of sp³-hybridized carbons (Fsp3) is 0.316. The number of benzene rings is 2. The van der Waals surface area contributed by atoms with Gasteiger partial charge in [0, 0.05) is 41.9 Å². The average molecular weight is 378 g/mol. The summed E-state index contributed by atoms with van der Waals surface area (Å²) in [6, 6.07) is 14.7. The van der Waals surface area contributed by atoms with Gasteiger partial charge in [0.2, 0.25) is 5.91 Å². The van der Waals surface area contributed by atoms with Crippen molar-refractivity contribution in [2.24, 2.45) is 5.73 Å². The van der Waals surface area contributed by atoms with Gasteiger partial charge >= 0.3 is 0 Å². The molecular weight excluding hydrogens is 357 g/mol. The van der Waals surface area contributed by atoms with Crippen molar-refractivity contribution < 1.29 is 4.79 Å². The summed E-state index contributed by atoms with van der Waals surface area (Å²) in [6.45, 7) is 2.85. The number of anilines is 1. The fourth-order valence-corrected chi connectivity index (χ4v) is 3.48. The second kappa shape index (κ2) is 8.09. The number of amides is 1.